The first-order valence-corrected chi connectivity index (χ1v) is 8.46. The van der Waals surface area contributed by atoms with E-state index < -0.39 is 5.97 Å². The number of hydrogen-bond donors (Lipinski definition) is 1. The molecule has 0 amide bonds. The first kappa shape index (κ1) is 18.4. The molecule has 0 unspecified atom stereocenters. The summed E-state index contributed by atoms with van der Waals surface area (Å²) in [6.07, 6.45) is 10.1. The van der Waals surface area contributed by atoms with Crippen LogP contribution in [0, 0.1) is 0 Å². The molecule has 1 aromatic rings. The lowest BCUT2D eigenvalue weighted by Crippen LogP contribution is -2.02. The summed E-state index contributed by atoms with van der Waals surface area (Å²) in [6.45, 7) is 0. The summed E-state index contributed by atoms with van der Waals surface area (Å²) in [4.78, 5) is 21.7. The minimum absolute atomic E-state index is 0.0275. The van der Waals surface area contributed by atoms with Crippen molar-refractivity contribution in [1.82, 2.24) is 0 Å². The van der Waals surface area contributed by atoms with Crippen molar-refractivity contribution in [3.05, 3.63) is 35.9 Å². The Morgan fingerprint density at radius 3 is 1.95 bits per heavy atom. The first-order valence-electron chi connectivity index (χ1n) is 8.46. The van der Waals surface area contributed by atoms with Crippen molar-refractivity contribution in [1.29, 1.82) is 0 Å². The molecule has 122 valence electrons. The number of unbranched alkanes of at least 4 members (excludes halogenated alkanes) is 6. The monoisotopic (exact) mass is 304 g/mol. The standard InChI is InChI=1S/C19H28O3/c20-18(15-16-19(21)22)14-10-5-3-1-2-4-7-11-17-12-8-6-9-13-17/h6,8-9,12-13H,1-5,7,10-11,14-16H2,(H,21,22). The number of carboxylic acids is 1. The predicted molar refractivity (Wildman–Crippen MR) is 89.0 cm³/mol. The van der Waals surface area contributed by atoms with Crippen LogP contribution >= 0.6 is 0 Å². The van der Waals surface area contributed by atoms with E-state index in [1.54, 1.807) is 0 Å². The van der Waals surface area contributed by atoms with Gasteiger partial charge < -0.3 is 5.11 Å². The minimum atomic E-state index is -0.885. The van der Waals surface area contributed by atoms with Gasteiger partial charge in [-0.15, -0.1) is 0 Å². The molecule has 0 radical (unpaired) electrons. The van der Waals surface area contributed by atoms with Crippen LogP contribution in [0.3, 0.4) is 0 Å². The van der Waals surface area contributed by atoms with E-state index in [-0.39, 0.29) is 18.6 Å². The van der Waals surface area contributed by atoms with Gasteiger partial charge in [0.15, 0.2) is 0 Å². The van der Waals surface area contributed by atoms with Crippen LogP contribution in [0.1, 0.15) is 69.8 Å². The van der Waals surface area contributed by atoms with E-state index in [9.17, 15) is 9.59 Å². The van der Waals surface area contributed by atoms with Crippen molar-refractivity contribution in [3.63, 3.8) is 0 Å². The third kappa shape index (κ3) is 10.1. The summed E-state index contributed by atoms with van der Waals surface area (Å²) in [7, 11) is 0. The van der Waals surface area contributed by atoms with Gasteiger partial charge in [-0.3, -0.25) is 9.59 Å². The molecule has 1 aromatic carbocycles. The fraction of sp³-hybridized carbons (Fsp3) is 0.579. The largest absolute Gasteiger partial charge is 0.481 e. The van der Waals surface area contributed by atoms with Crippen LogP contribution in [0.25, 0.3) is 0 Å². The van der Waals surface area contributed by atoms with Crippen LogP contribution in [0.5, 0.6) is 0 Å². The SMILES string of the molecule is O=C(O)CCC(=O)CCCCCCCCCc1ccccc1. The van der Waals surface area contributed by atoms with Gasteiger partial charge in [0.2, 0.25) is 0 Å². The molecule has 0 saturated heterocycles. The number of benzene rings is 1. The van der Waals surface area contributed by atoms with E-state index in [1.807, 2.05) is 0 Å². The van der Waals surface area contributed by atoms with Crippen molar-refractivity contribution in [2.24, 2.45) is 0 Å². The van der Waals surface area contributed by atoms with E-state index in [1.165, 1.54) is 44.1 Å². The molecule has 0 fully saturated rings. The van der Waals surface area contributed by atoms with E-state index in [2.05, 4.69) is 30.3 Å². The summed E-state index contributed by atoms with van der Waals surface area (Å²) >= 11 is 0. The third-order valence-electron chi connectivity index (χ3n) is 3.88. The molecule has 0 saturated carbocycles. The second-order valence-corrected chi connectivity index (χ2v) is 5.89. The number of aliphatic carboxylic acids is 1. The van der Waals surface area contributed by atoms with Gasteiger partial charge in [-0.1, -0.05) is 62.4 Å². The fourth-order valence-corrected chi connectivity index (χ4v) is 2.55. The van der Waals surface area contributed by atoms with Gasteiger partial charge in [-0.25, -0.2) is 0 Å². The van der Waals surface area contributed by atoms with E-state index in [0.717, 1.165) is 12.8 Å². The van der Waals surface area contributed by atoms with Gasteiger partial charge >= 0.3 is 5.97 Å². The lowest BCUT2D eigenvalue weighted by atomic mass is 10.0. The van der Waals surface area contributed by atoms with Gasteiger partial charge in [0.1, 0.15) is 5.78 Å². The van der Waals surface area contributed by atoms with Crippen molar-refractivity contribution in [3.8, 4) is 0 Å². The molecule has 0 aliphatic carbocycles. The van der Waals surface area contributed by atoms with Gasteiger partial charge in [0.05, 0.1) is 6.42 Å². The number of carbonyl (C=O) groups excluding carboxylic acids is 1. The second kappa shape index (κ2) is 12.0. The van der Waals surface area contributed by atoms with Crippen molar-refractivity contribution < 1.29 is 14.7 Å². The molecule has 0 heterocycles. The van der Waals surface area contributed by atoms with Gasteiger partial charge in [-0.2, -0.15) is 0 Å². The number of aryl methyl sites for hydroxylation is 1. The second-order valence-electron chi connectivity index (χ2n) is 5.89. The number of carboxylic acid groups (broad SMARTS) is 1. The minimum Gasteiger partial charge on any atom is -0.481 e. The first-order chi connectivity index (χ1) is 10.7. The molecule has 1 N–H and O–H groups in total. The zero-order valence-corrected chi connectivity index (χ0v) is 13.4. The normalized spacial score (nSPS) is 10.5. The van der Waals surface area contributed by atoms with Crippen molar-refractivity contribution in [2.45, 2.75) is 70.6 Å². The lowest BCUT2D eigenvalue weighted by molar-refractivity contribution is -0.138. The Labute approximate surface area is 133 Å². The Bertz CT molecular complexity index is 426. The molecule has 22 heavy (non-hydrogen) atoms. The van der Waals surface area contributed by atoms with Crippen LogP contribution in [-0.4, -0.2) is 16.9 Å². The van der Waals surface area contributed by atoms with Gasteiger partial charge in [0.25, 0.3) is 0 Å². The fourth-order valence-electron chi connectivity index (χ4n) is 2.55. The number of Topliss-reactive ketones (excluding diaryl/α,β-unsaturated/α-hetero) is 1. The van der Waals surface area contributed by atoms with E-state index >= 15 is 0 Å². The van der Waals surface area contributed by atoms with Crippen LogP contribution in [0.4, 0.5) is 0 Å². The highest BCUT2D eigenvalue weighted by Gasteiger charge is 2.05. The molecule has 3 heteroatoms. The number of hydrogen-bond acceptors (Lipinski definition) is 2. The number of carbonyl (C=O) groups is 2. The average Bonchev–Trinajstić information content (AvgIpc) is 2.52. The molecule has 3 nitrogen and oxygen atoms in total. The average molecular weight is 304 g/mol. The molecular weight excluding hydrogens is 276 g/mol. The predicted octanol–water partition coefficient (Wildman–Crippen LogP) is 4.78. The number of ketones is 1. The Balaban J connectivity index is 1.85. The maximum atomic E-state index is 11.4. The summed E-state index contributed by atoms with van der Waals surface area (Å²) in [6, 6.07) is 10.6. The van der Waals surface area contributed by atoms with Crippen LogP contribution < -0.4 is 0 Å². The van der Waals surface area contributed by atoms with Crippen molar-refractivity contribution in [2.75, 3.05) is 0 Å². The zero-order chi connectivity index (χ0) is 16.0. The maximum Gasteiger partial charge on any atom is 0.303 e. The summed E-state index contributed by atoms with van der Waals surface area (Å²) < 4.78 is 0. The Hall–Kier alpha value is -1.64. The highest BCUT2D eigenvalue weighted by Crippen LogP contribution is 2.12. The molecule has 0 spiro atoms. The van der Waals surface area contributed by atoms with Crippen LogP contribution in [0.15, 0.2) is 30.3 Å². The molecule has 0 aliphatic rings. The molecular formula is C19H28O3. The lowest BCUT2D eigenvalue weighted by Gasteiger charge is -2.03. The van der Waals surface area contributed by atoms with Gasteiger partial charge in [-0.05, 0) is 24.8 Å². The smallest absolute Gasteiger partial charge is 0.303 e. The highest BCUT2D eigenvalue weighted by molar-refractivity contribution is 5.82. The van der Waals surface area contributed by atoms with Crippen molar-refractivity contribution >= 4 is 11.8 Å². The van der Waals surface area contributed by atoms with E-state index in [4.69, 9.17) is 5.11 Å². The Morgan fingerprint density at radius 2 is 1.32 bits per heavy atom. The Kier molecular flexibility index (Phi) is 10.0. The third-order valence-corrected chi connectivity index (χ3v) is 3.88. The Morgan fingerprint density at radius 1 is 0.727 bits per heavy atom. The quantitative estimate of drug-likeness (QED) is 0.533. The molecule has 0 bridgehead atoms. The zero-order valence-electron chi connectivity index (χ0n) is 13.4. The molecule has 0 aromatic heterocycles. The van der Waals surface area contributed by atoms with Crippen LogP contribution in [0.2, 0.25) is 0 Å². The maximum absolute atomic E-state index is 11.4. The topological polar surface area (TPSA) is 54.4 Å². The number of rotatable bonds is 13. The highest BCUT2D eigenvalue weighted by atomic mass is 16.4. The van der Waals surface area contributed by atoms with Crippen LogP contribution in [-0.2, 0) is 16.0 Å². The van der Waals surface area contributed by atoms with Gasteiger partial charge in [0, 0.05) is 12.8 Å². The molecule has 0 aliphatic heterocycles. The summed E-state index contributed by atoms with van der Waals surface area (Å²) in [5.74, 6) is -0.797. The molecule has 0 atom stereocenters. The van der Waals surface area contributed by atoms with E-state index in [0.29, 0.717) is 6.42 Å². The molecule has 1 rings (SSSR count). The summed E-state index contributed by atoms with van der Waals surface area (Å²) in [5.41, 5.74) is 1.42. The summed E-state index contributed by atoms with van der Waals surface area (Å²) in [5, 5.41) is 8.50.